The minimum atomic E-state index is -3.20. The highest BCUT2D eigenvalue weighted by Crippen LogP contribution is 2.53. The molecule has 1 spiro atoms. The molecule has 14 nitrogen and oxygen atoms in total. The fraction of sp³-hybridized carbons (Fsp3) is 0.346. The number of amides is 3. The maximum absolute atomic E-state index is 14.5. The second-order valence-electron chi connectivity index (χ2n) is 10.6. The van der Waals surface area contributed by atoms with Crippen LogP contribution in [0.4, 0.5) is 11.5 Å². The van der Waals surface area contributed by atoms with E-state index in [2.05, 4.69) is 25.3 Å². The van der Waals surface area contributed by atoms with Gasteiger partial charge in [-0.15, -0.1) is 0 Å². The molecule has 0 bridgehead atoms. The first-order valence-electron chi connectivity index (χ1n) is 13.0. The third-order valence-corrected chi connectivity index (χ3v) is 10.0. The molecule has 3 amide bonds. The SMILES string of the molecule is Cc1nn(-c2ncnc3nc[nH]c23)c2c1C1(CC(=O)N2)C(=O)N(CC(=O)N(C)C2CCS(=O)(=O)C2)c2ccccc21. The van der Waals surface area contributed by atoms with E-state index in [0.29, 0.717) is 51.7 Å². The number of carbonyl (C=O) groups is 3. The van der Waals surface area contributed by atoms with E-state index < -0.39 is 33.1 Å². The summed E-state index contributed by atoms with van der Waals surface area (Å²) in [4.78, 5) is 59.7. The first-order valence-corrected chi connectivity index (χ1v) is 14.8. The number of sulfone groups is 1. The molecule has 2 atom stereocenters. The van der Waals surface area contributed by atoms with E-state index in [-0.39, 0.29) is 30.4 Å². The van der Waals surface area contributed by atoms with Crippen molar-refractivity contribution in [1.82, 2.24) is 34.6 Å². The lowest BCUT2D eigenvalue weighted by Crippen LogP contribution is -2.50. The summed E-state index contributed by atoms with van der Waals surface area (Å²) in [5.41, 5.74) is 1.64. The van der Waals surface area contributed by atoms with Gasteiger partial charge in [-0.1, -0.05) is 18.2 Å². The van der Waals surface area contributed by atoms with Gasteiger partial charge in [0.25, 0.3) is 0 Å². The average molecular weight is 576 g/mol. The Bertz CT molecular complexity index is 1900. The summed E-state index contributed by atoms with van der Waals surface area (Å²) in [5, 5.41) is 7.58. The number of rotatable bonds is 4. The molecule has 2 N–H and O–H groups in total. The van der Waals surface area contributed by atoms with E-state index in [9.17, 15) is 22.8 Å². The van der Waals surface area contributed by atoms with Gasteiger partial charge in [0.15, 0.2) is 21.3 Å². The van der Waals surface area contributed by atoms with Crippen LogP contribution in [0, 0.1) is 6.92 Å². The van der Waals surface area contributed by atoms with Crippen LogP contribution >= 0.6 is 0 Å². The normalized spacial score (nSPS) is 22.7. The Kier molecular flexibility index (Phi) is 5.35. The van der Waals surface area contributed by atoms with Crippen LogP contribution < -0.4 is 10.2 Å². The molecule has 1 fully saturated rings. The van der Waals surface area contributed by atoms with Crippen LogP contribution in [0.2, 0.25) is 0 Å². The number of likely N-dealkylation sites (N-methyl/N-ethyl adjacent to an activating group) is 1. The zero-order valence-corrected chi connectivity index (χ0v) is 23.0. The van der Waals surface area contributed by atoms with Crippen LogP contribution in [-0.4, -0.2) is 91.9 Å². The summed E-state index contributed by atoms with van der Waals surface area (Å²) >= 11 is 0. The zero-order valence-electron chi connectivity index (χ0n) is 22.2. The maximum Gasteiger partial charge on any atom is 0.243 e. The molecule has 6 heterocycles. The van der Waals surface area contributed by atoms with E-state index in [1.54, 1.807) is 38.2 Å². The number of hydrogen-bond acceptors (Lipinski definition) is 9. The molecule has 210 valence electrons. The van der Waals surface area contributed by atoms with Crippen molar-refractivity contribution in [3.05, 3.63) is 53.7 Å². The Hall–Kier alpha value is -4.66. The summed E-state index contributed by atoms with van der Waals surface area (Å²) in [6.45, 7) is 1.47. The number of nitrogens with zero attached hydrogens (tertiary/aromatic N) is 7. The van der Waals surface area contributed by atoms with Gasteiger partial charge in [-0.2, -0.15) is 9.78 Å². The second-order valence-corrected chi connectivity index (χ2v) is 12.8. The number of aromatic amines is 1. The van der Waals surface area contributed by atoms with Gasteiger partial charge >= 0.3 is 0 Å². The smallest absolute Gasteiger partial charge is 0.243 e. The molecule has 3 aliphatic rings. The minimum Gasteiger partial charge on any atom is -0.340 e. The minimum absolute atomic E-state index is 0.0300. The van der Waals surface area contributed by atoms with Crippen LogP contribution in [0.5, 0.6) is 0 Å². The summed E-state index contributed by atoms with van der Waals surface area (Å²) in [6, 6.07) is 6.65. The highest BCUT2D eigenvalue weighted by atomic mass is 32.2. The van der Waals surface area contributed by atoms with Crippen molar-refractivity contribution in [3.63, 3.8) is 0 Å². The van der Waals surface area contributed by atoms with Crippen LogP contribution in [-0.2, 0) is 29.6 Å². The molecule has 4 aromatic rings. The molecule has 0 saturated carbocycles. The number of benzene rings is 1. The summed E-state index contributed by atoms with van der Waals surface area (Å²) < 4.78 is 25.5. The van der Waals surface area contributed by atoms with Crippen molar-refractivity contribution in [1.29, 1.82) is 0 Å². The molecule has 3 aromatic heterocycles. The lowest BCUT2D eigenvalue weighted by atomic mass is 9.70. The molecule has 41 heavy (non-hydrogen) atoms. The van der Waals surface area contributed by atoms with E-state index in [1.807, 2.05) is 0 Å². The number of anilines is 2. The highest BCUT2D eigenvalue weighted by Gasteiger charge is 2.58. The molecule has 1 saturated heterocycles. The maximum atomic E-state index is 14.5. The van der Waals surface area contributed by atoms with Crippen molar-refractivity contribution in [2.75, 3.05) is 35.3 Å². The number of para-hydroxylation sites is 1. The van der Waals surface area contributed by atoms with Gasteiger partial charge in [-0.25, -0.2) is 23.4 Å². The number of H-pyrrole nitrogens is 1. The zero-order chi connectivity index (χ0) is 28.7. The van der Waals surface area contributed by atoms with Crippen molar-refractivity contribution in [2.45, 2.75) is 31.2 Å². The van der Waals surface area contributed by atoms with E-state index >= 15 is 0 Å². The first kappa shape index (κ1) is 25.3. The van der Waals surface area contributed by atoms with Crippen LogP contribution in [0.15, 0.2) is 36.9 Å². The average Bonchev–Trinajstić information content (AvgIpc) is 3.70. The number of fused-ring (bicyclic) bond motifs is 5. The largest absolute Gasteiger partial charge is 0.340 e. The molecule has 3 aliphatic heterocycles. The van der Waals surface area contributed by atoms with Gasteiger partial charge in [-0.3, -0.25) is 14.4 Å². The highest BCUT2D eigenvalue weighted by molar-refractivity contribution is 7.91. The predicted octanol–water partition coefficient (Wildman–Crippen LogP) is 0.467. The number of imidazole rings is 1. The van der Waals surface area contributed by atoms with Gasteiger partial charge in [-0.05, 0) is 25.0 Å². The van der Waals surface area contributed by atoms with E-state index in [4.69, 9.17) is 5.10 Å². The number of hydrogen-bond donors (Lipinski definition) is 2. The number of nitrogens with one attached hydrogen (secondary N) is 2. The molecular formula is C26H25N9O5S. The topological polar surface area (TPSA) is 176 Å². The first-order chi connectivity index (χ1) is 19.6. The van der Waals surface area contributed by atoms with Crippen LogP contribution in [0.3, 0.4) is 0 Å². The van der Waals surface area contributed by atoms with Gasteiger partial charge in [0.2, 0.25) is 17.7 Å². The van der Waals surface area contributed by atoms with Crippen molar-refractivity contribution < 1.29 is 22.8 Å². The van der Waals surface area contributed by atoms with E-state index in [1.165, 1.54) is 27.1 Å². The number of aromatic nitrogens is 6. The Balaban J connectivity index is 1.33. The number of aryl methyl sites for hydroxylation is 1. The Labute approximate surface area is 233 Å². The quantitative estimate of drug-likeness (QED) is 0.350. The summed E-state index contributed by atoms with van der Waals surface area (Å²) in [6.07, 6.45) is 3.01. The van der Waals surface area contributed by atoms with Gasteiger partial charge < -0.3 is 20.1 Å². The monoisotopic (exact) mass is 575 g/mol. The third-order valence-electron chi connectivity index (χ3n) is 8.28. The lowest BCUT2D eigenvalue weighted by molar-refractivity contribution is -0.132. The molecule has 15 heteroatoms. The third kappa shape index (κ3) is 3.61. The second kappa shape index (κ2) is 8.67. The molecule has 1 aromatic carbocycles. The van der Waals surface area contributed by atoms with Crippen molar-refractivity contribution in [2.24, 2.45) is 0 Å². The summed E-state index contributed by atoms with van der Waals surface area (Å²) in [5.74, 6) is -0.611. The van der Waals surface area contributed by atoms with Gasteiger partial charge in [0.05, 0.1) is 23.5 Å². The summed E-state index contributed by atoms with van der Waals surface area (Å²) in [7, 11) is -1.64. The Morgan fingerprint density at radius 2 is 2.00 bits per heavy atom. The lowest BCUT2D eigenvalue weighted by Gasteiger charge is -2.33. The molecule has 0 radical (unpaired) electrons. The van der Waals surface area contributed by atoms with Gasteiger partial charge in [0, 0.05) is 30.8 Å². The molecular weight excluding hydrogens is 550 g/mol. The van der Waals surface area contributed by atoms with E-state index in [0.717, 1.165) is 0 Å². The standard InChI is InChI=1S/C26H25N9O5S/c1-14-20-23(35(32-14)24-21-22(28-12-27-21)29-13-30-24)31-18(36)9-26(20)16-5-3-4-6-17(16)34(25(26)38)10-19(37)33(2)15-7-8-41(39,40)11-15/h3-6,12-13,15H,7-11H2,1-2H3,(H,31,36)(H,27,28,29,30). The van der Waals surface area contributed by atoms with Crippen LogP contribution in [0.1, 0.15) is 29.7 Å². The van der Waals surface area contributed by atoms with Crippen molar-refractivity contribution in [3.8, 4) is 5.82 Å². The number of carbonyl (C=O) groups excluding carboxylic acids is 3. The molecule has 2 unspecified atom stereocenters. The van der Waals surface area contributed by atoms with Gasteiger partial charge in [0.1, 0.15) is 29.6 Å². The fourth-order valence-corrected chi connectivity index (χ4v) is 8.13. The molecule has 0 aliphatic carbocycles. The van der Waals surface area contributed by atoms with Crippen molar-refractivity contribution >= 4 is 50.2 Å². The Morgan fingerprint density at radius 1 is 1.20 bits per heavy atom. The predicted molar refractivity (Wildman–Crippen MR) is 146 cm³/mol. The molecule has 7 rings (SSSR count). The fourth-order valence-electron chi connectivity index (χ4n) is 6.35. The Morgan fingerprint density at radius 3 is 2.78 bits per heavy atom. The van der Waals surface area contributed by atoms with Crippen LogP contribution in [0.25, 0.3) is 17.0 Å².